The molecular weight excluding hydrogens is 126 g/mol. The van der Waals surface area contributed by atoms with Crippen molar-refractivity contribution >= 4 is 17.6 Å². The van der Waals surface area contributed by atoms with E-state index in [0.717, 1.165) is 0 Å². The molecule has 0 unspecified atom stereocenters. The van der Waals surface area contributed by atoms with Crippen LogP contribution in [0.15, 0.2) is 18.2 Å². The summed E-state index contributed by atoms with van der Waals surface area (Å²) in [6.45, 7) is 0. The van der Waals surface area contributed by atoms with Gasteiger partial charge in [-0.2, -0.15) is 0 Å². The van der Waals surface area contributed by atoms with Crippen LogP contribution in [0.1, 0.15) is 5.56 Å². The summed E-state index contributed by atoms with van der Waals surface area (Å²) in [4.78, 5) is 0. The Morgan fingerprint density at radius 2 is 2.00 bits per heavy atom. The van der Waals surface area contributed by atoms with Gasteiger partial charge in [0, 0.05) is 23.2 Å². The van der Waals surface area contributed by atoms with E-state index in [0.29, 0.717) is 16.9 Å². The van der Waals surface area contributed by atoms with Gasteiger partial charge in [0.2, 0.25) is 0 Å². The average molecular weight is 135 g/mol. The monoisotopic (exact) mass is 135 g/mol. The molecule has 1 aromatic rings. The molecule has 0 amide bonds. The molecule has 5 N–H and O–H groups in total. The molecule has 0 atom stereocenters. The largest absolute Gasteiger partial charge is 0.399 e. The van der Waals surface area contributed by atoms with Crippen LogP contribution in [0.3, 0.4) is 0 Å². The molecule has 3 heteroatoms. The molecule has 0 saturated carbocycles. The van der Waals surface area contributed by atoms with E-state index < -0.39 is 0 Å². The first-order valence-corrected chi connectivity index (χ1v) is 2.89. The van der Waals surface area contributed by atoms with Gasteiger partial charge in [-0.25, -0.2) is 0 Å². The third kappa shape index (κ3) is 1.07. The molecule has 0 spiro atoms. The van der Waals surface area contributed by atoms with Gasteiger partial charge in [-0.05, 0) is 18.2 Å². The van der Waals surface area contributed by atoms with Gasteiger partial charge in [-0.1, -0.05) is 0 Å². The molecule has 1 rings (SSSR count). The molecule has 0 heterocycles. The first-order chi connectivity index (χ1) is 4.74. The van der Waals surface area contributed by atoms with E-state index >= 15 is 0 Å². The predicted molar refractivity (Wildman–Crippen MR) is 43.2 cm³/mol. The molecule has 1 aromatic carbocycles. The van der Waals surface area contributed by atoms with E-state index in [1.807, 2.05) is 0 Å². The molecule has 0 radical (unpaired) electrons. The Hall–Kier alpha value is -1.51. The van der Waals surface area contributed by atoms with Crippen molar-refractivity contribution in [2.75, 3.05) is 11.5 Å². The van der Waals surface area contributed by atoms with Crippen LogP contribution in [0.25, 0.3) is 0 Å². The Kier molecular flexibility index (Phi) is 1.58. The second kappa shape index (κ2) is 2.39. The van der Waals surface area contributed by atoms with Crippen molar-refractivity contribution in [3.8, 4) is 0 Å². The van der Waals surface area contributed by atoms with Crippen molar-refractivity contribution in [1.82, 2.24) is 0 Å². The van der Waals surface area contributed by atoms with E-state index in [4.69, 9.17) is 16.9 Å². The Balaban J connectivity index is 3.19. The molecule has 0 aliphatic heterocycles. The number of hydrogen-bond acceptors (Lipinski definition) is 3. The normalized spacial score (nSPS) is 9.20. The summed E-state index contributed by atoms with van der Waals surface area (Å²) < 4.78 is 0. The van der Waals surface area contributed by atoms with Crippen LogP contribution in [0.5, 0.6) is 0 Å². The van der Waals surface area contributed by atoms with Crippen molar-refractivity contribution < 1.29 is 0 Å². The summed E-state index contributed by atoms with van der Waals surface area (Å²) in [6.07, 6.45) is 1.20. The van der Waals surface area contributed by atoms with Crippen LogP contribution in [0.4, 0.5) is 11.4 Å². The molecule has 52 valence electrons. The zero-order valence-electron chi connectivity index (χ0n) is 5.46. The molecular formula is C7H9N3. The van der Waals surface area contributed by atoms with Crippen LogP contribution in [0.2, 0.25) is 0 Å². The van der Waals surface area contributed by atoms with Crippen LogP contribution in [-0.4, -0.2) is 6.21 Å². The Morgan fingerprint density at radius 3 is 2.50 bits per heavy atom. The second-order valence-electron chi connectivity index (χ2n) is 2.03. The third-order valence-corrected chi connectivity index (χ3v) is 1.27. The minimum absolute atomic E-state index is 0.551. The van der Waals surface area contributed by atoms with Crippen molar-refractivity contribution in [3.63, 3.8) is 0 Å². The van der Waals surface area contributed by atoms with Gasteiger partial charge in [0.15, 0.2) is 0 Å². The van der Waals surface area contributed by atoms with E-state index in [-0.39, 0.29) is 0 Å². The summed E-state index contributed by atoms with van der Waals surface area (Å²) in [5.41, 5.74) is 12.8. The first-order valence-electron chi connectivity index (χ1n) is 2.89. The zero-order chi connectivity index (χ0) is 7.56. The molecule has 0 fully saturated rings. The van der Waals surface area contributed by atoms with Crippen molar-refractivity contribution in [1.29, 1.82) is 5.41 Å². The fraction of sp³-hybridized carbons (Fsp3) is 0. The fourth-order valence-electron chi connectivity index (χ4n) is 0.725. The third-order valence-electron chi connectivity index (χ3n) is 1.27. The quantitative estimate of drug-likeness (QED) is 0.394. The first kappa shape index (κ1) is 6.61. The highest BCUT2D eigenvalue weighted by atomic mass is 14.6. The Labute approximate surface area is 59.2 Å². The number of hydrogen-bond donors (Lipinski definition) is 3. The maximum absolute atomic E-state index is 6.91. The highest BCUT2D eigenvalue weighted by molar-refractivity contribution is 5.85. The lowest BCUT2D eigenvalue weighted by atomic mass is 10.2. The summed E-state index contributed by atoms with van der Waals surface area (Å²) in [7, 11) is 0. The van der Waals surface area contributed by atoms with Crippen molar-refractivity contribution in [2.24, 2.45) is 0 Å². The standard InChI is InChI=1S/C7H9N3/c8-4-5-1-2-6(9)3-7(5)10/h1-4,8H,9-10H2. The number of anilines is 2. The van der Waals surface area contributed by atoms with Gasteiger partial charge in [0.25, 0.3) is 0 Å². The highest BCUT2D eigenvalue weighted by Crippen LogP contribution is 2.12. The smallest absolute Gasteiger partial charge is 0.0423 e. The van der Waals surface area contributed by atoms with E-state index in [9.17, 15) is 0 Å². The Bertz CT molecular complexity index is 255. The number of nitrogens with two attached hydrogens (primary N) is 2. The lowest BCUT2D eigenvalue weighted by Gasteiger charge is -1.98. The topological polar surface area (TPSA) is 75.9 Å². The molecule has 0 aromatic heterocycles. The van der Waals surface area contributed by atoms with Crippen LogP contribution >= 0.6 is 0 Å². The molecule has 10 heavy (non-hydrogen) atoms. The number of nitrogen functional groups attached to an aromatic ring is 2. The SMILES string of the molecule is N=Cc1ccc(N)cc1N. The fourth-order valence-corrected chi connectivity index (χ4v) is 0.725. The van der Waals surface area contributed by atoms with Gasteiger partial charge in [0.05, 0.1) is 0 Å². The summed E-state index contributed by atoms with van der Waals surface area (Å²) in [5, 5.41) is 6.91. The lowest BCUT2D eigenvalue weighted by molar-refractivity contribution is 1.54. The zero-order valence-corrected chi connectivity index (χ0v) is 5.46. The van der Waals surface area contributed by atoms with E-state index in [1.54, 1.807) is 18.2 Å². The summed E-state index contributed by atoms with van der Waals surface area (Å²) in [5.74, 6) is 0. The lowest BCUT2D eigenvalue weighted by Crippen LogP contribution is -1.94. The minimum atomic E-state index is 0.551. The van der Waals surface area contributed by atoms with E-state index in [1.165, 1.54) is 6.21 Å². The second-order valence-corrected chi connectivity index (χ2v) is 2.03. The number of nitrogens with one attached hydrogen (secondary N) is 1. The van der Waals surface area contributed by atoms with Crippen LogP contribution in [-0.2, 0) is 0 Å². The highest BCUT2D eigenvalue weighted by Gasteiger charge is 1.93. The van der Waals surface area contributed by atoms with Gasteiger partial charge in [-0.3, -0.25) is 0 Å². The van der Waals surface area contributed by atoms with Gasteiger partial charge < -0.3 is 16.9 Å². The van der Waals surface area contributed by atoms with Crippen molar-refractivity contribution in [2.45, 2.75) is 0 Å². The van der Waals surface area contributed by atoms with Gasteiger partial charge >= 0.3 is 0 Å². The van der Waals surface area contributed by atoms with Crippen molar-refractivity contribution in [3.05, 3.63) is 23.8 Å². The van der Waals surface area contributed by atoms with Gasteiger partial charge in [0.1, 0.15) is 0 Å². The predicted octanol–water partition coefficient (Wildman–Crippen LogP) is 0.849. The molecule has 3 nitrogen and oxygen atoms in total. The number of rotatable bonds is 1. The molecule has 0 aliphatic rings. The maximum Gasteiger partial charge on any atom is 0.0423 e. The van der Waals surface area contributed by atoms with Crippen LogP contribution < -0.4 is 11.5 Å². The number of benzene rings is 1. The summed E-state index contributed by atoms with van der Waals surface area (Å²) >= 11 is 0. The molecule has 0 bridgehead atoms. The van der Waals surface area contributed by atoms with Crippen LogP contribution in [0, 0.1) is 5.41 Å². The minimum Gasteiger partial charge on any atom is -0.399 e. The average Bonchev–Trinajstić information content (AvgIpc) is 1.88. The summed E-state index contributed by atoms with van der Waals surface area (Å²) in [6, 6.07) is 5.08. The maximum atomic E-state index is 6.91. The Morgan fingerprint density at radius 1 is 1.30 bits per heavy atom. The molecule has 0 saturated heterocycles. The molecule has 0 aliphatic carbocycles. The van der Waals surface area contributed by atoms with Gasteiger partial charge in [-0.15, -0.1) is 0 Å². The van der Waals surface area contributed by atoms with E-state index in [2.05, 4.69) is 0 Å².